The van der Waals surface area contributed by atoms with Crippen molar-refractivity contribution in [1.29, 1.82) is 5.26 Å². The predicted octanol–water partition coefficient (Wildman–Crippen LogP) is 0.00698. The van der Waals surface area contributed by atoms with Gasteiger partial charge in [-0.3, -0.25) is 4.79 Å². The summed E-state index contributed by atoms with van der Waals surface area (Å²) in [6.07, 6.45) is -0.826. The van der Waals surface area contributed by atoms with Crippen LogP contribution < -0.4 is 0 Å². The van der Waals surface area contributed by atoms with Gasteiger partial charge in [0.1, 0.15) is 0 Å². The van der Waals surface area contributed by atoms with Crippen LogP contribution in [-0.4, -0.2) is 29.2 Å². The highest BCUT2D eigenvalue weighted by molar-refractivity contribution is 5.81. The van der Waals surface area contributed by atoms with Crippen LogP contribution in [0.2, 0.25) is 0 Å². The van der Waals surface area contributed by atoms with Crippen molar-refractivity contribution in [1.82, 2.24) is 4.90 Å². The van der Waals surface area contributed by atoms with Crippen LogP contribution in [0.4, 0.5) is 0 Å². The van der Waals surface area contributed by atoms with Crippen LogP contribution in [0.5, 0.6) is 0 Å². The minimum Gasteiger partial charge on any atom is -0.369 e. The Morgan fingerprint density at radius 1 is 1.75 bits per heavy atom. The van der Waals surface area contributed by atoms with Gasteiger partial charge in [0.2, 0.25) is 5.91 Å². The molecule has 1 amide bonds. The van der Waals surface area contributed by atoms with Gasteiger partial charge in [0.05, 0.1) is 11.6 Å². The molecule has 0 radical (unpaired) electrons. The zero-order valence-electron chi connectivity index (χ0n) is 7.03. The molecular formula is C8H10N2O2. The van der Waals surface area contributed by atoms with Crippen molar-refractivity contribution in [2.24, 2.45) is 0 Å². The molecule has 0 saturated heterocycles. The van der Waals surface area contributed by atoms with E-state index in [2.05, 4.69) is 0 Å². The zero-order valence-corrected chi connectivity index (χ0v) is 7.03. The van der Waals surface area contributed by atoms with Gasteiger partial charge in [-0.15, -0.1) is 0 Å². The lowest BCUT2D eigenvalue weighted by Crippen LogP contribution is -2.41. The third-order valence-electron chi connectivity index (χ3n) is 2.02. The van der Waals surface area contributed by atoms with Crippen LogP contribution in [0.25, 0.3) is 0 Å². The maximum absolute atomic E-state index is 11.1. The topological polar surface area (TPSA) is 64.3 Å². The number of nitrogens with zero attached hydrogens (tertiary/aromatic N) is 2. The summed E-state index contributed by atoms with van der Waals surface area (Å²) in [5.74, 6) is -0.154. The van der Waals surface area contributed by atoms with Crippen LogP contribution in [0.3, 0.4) is 0 Å². The van der Waals surface area contributed by atoms with Gasteiger partial charge in [-0.2, -0.15) is 5.26 Å². The molecule has 1 heterocycles. The molecule has 0 aliphatic carbocycles. The number of carbonyl (C=O) groups excluding carboxylic acids is 1. The second kappa shape index (κ2) is 2.95. The van der Waals surface area contributed by atoms with Gasteiger partial charge in [-0.25, -0.2) is 0 Å². The van der Waals surface area contributed by atoms with Crippen molar-refractivity contribution in [3.63, 3.8) is 0 Å². The van der Waals surface area contributed by atoms with Crippen LogP contribution in [0.1, 0.15) is 13.3 Å². The predicted molar refractivity (Wildman–Crippen MR) is 41.7 cm³/mol. The Balaban J connectivity index is 3.06. The van der Waals surface area contributed by atoms with E-state index in [0.717, 1.165) is 0 Å². The number of hydrogen-bond donors (Lipinski definition) is 1. The number of nitriles is 1. The van der Waals surface area contributed by atoms with Gasteiger partial charge in [0.15, 0.2) is 6.23 Å². The molecule has 1 aliphatic heterocycles. The molecule has 1 aliphatic rings. The SMILES string of the molecule is CC1=C(C#N)C(O)N(C)C(=O)C1. The average molecular weight is 166 g/mol. The molecule has 0 aromatic carbocycles. The lowest BCUT2D eigenvalue weighted by molar-refractivity contribution is -0.137. The molecule has 1 atom stereocenters. The smallest absolute Gasteiger partial charge is 0.228 e. The van der Waals surface area contributed by atoms with E-state index in [4.69, 9.17) is 5.26 Å². The van der Waals surface area contributed by atoms with Gasteiger partial charge in [0, 0.05) is 13.5 Å². The molecule has 0 saturated carbocycles. The molecular weight excluding hydrogens is 156 g/mol. The summed E-state index contributed by atoms with van der Waals surface area (Å²) in [5.41, 5.74) is 0.949. The van der Waals surface area contributed by atoms with E-state index in [-0.39, 0.29) is 17.9 Å². The highest BCUT2D eigenvalue weighted by atomic mass is 16.3. The summed E-state index contributed by atoms with van der Waals surface area (Å²) >= 11 is 0. The fourth-order valence-electron chi connectivity index (χ4n) is 1.15. The molecule has 1 unspecified atom stereocenters. The molecule has 4 heteroatoms. The quantitative estimate of drug-likeness (QED) is 0.551. The van der Waals surface area contributed by atoms with Gasteiger partial charge in [-0.1, -0.05) is 0 Å². The maximum Gasteiger partial charge on any atom is 0.228 e. The number of aliphatic hydroxyl groups excluding tert-OH is 1. The number of rotatable bonds is 0. The van der Waals surface area contributed by atoms with Gasteiger partial charge < -0.3 is 10.0 Å². The lowest BCUT2D eigenvalue weighted by Gasteiger charge is -2.28. The van der Waals surface area contributed by atoms with Crippen molar-refractivity contribution in [2.45, 2.75) is 19.6 Å². The Morgan fingerprint density at radius 3 is 2.83 bits per heavy atom. The van der Waals surface area contributed by atoms with Crippen molar-refractivity contribution in [3.05, 3.63) is 11.1 Å². The summed E-state index contributed by atoms with van der Waals surface area (Å²) < 4.78 is 0. The Hall–Kier alpha value is -1.34. The van der Waals surface area contributed by atoms with E-state index in [1.807, 2.05) is 6.07 Å². The number of hydrogen-bond acceptors (Lipinski definition) is 3. The molecule has 0 spiro atoms. The fourth-order valence-corrected chi connectivity index (χ4v) is 1.15. The van der Waals surface area contributed by atoms with E-state index in [1.165, 1.54) is 11.9 Å². The Morgan fingerprint density at radius 2 is 2.33 bits per heavy atom. The van der Waals surface area contributed by atoms with E-state index in [1.54, 1.807) is 6.92 Å². The minimum absolute atomic E-state index is 0.154. The molecule has 4 nitrogen and oxygen atoms in total. The molecule has 1 rings (SSSR count). The number of carbonyl (C=O) groups is 1. The number of aliphatic hydroxyl groups is 1. The van der Waals surface area contributed by atoms with Crippen molar-refractivity contribution < 1.29 is 9.90 Å². The third kappa shape index (κ3) is 1.19. The standard InChI is InChI=1S/C8H10N2O2/c1-5-3-7(11)10(2)8(12)6(5)4-9/h8,12H,3H2,1-2H3. The number of amides is 1. The summed E-state index contributed by atoms with van der Waals surface area (Å²) in [4.78, 5) is 12.3. The molecule has 12 heavy (non-hydrogen) atoms. The molecule has 0 fully saturated rings. The monoisotopic (exact) mass is 166 g/mol. The first-order valence-corrected chi connectivity index (χ1v) is 3.61. The fraction of sp³-hybridized carbons (Fsp3) is 0.500. The van der Waals surface area contributed by atoms with Crippen molar-refractivity contribution >= 4 is 5.91 Å². The highest BCUT2D eigenvalue weighted by Crippen LogP contribution is 2.20. The third-order valence-corrected chi connectivity index (χ3v) is 2.02. The normalized spacial score (nSPS) is 24.3. The summed E-state index contributed by atoms with van der Waals surface area (Å²) in [5, 5.41) is 18.0. The van der Waals surface area contributed by atoms with Crippen molar-refractivity contribution in [3.8, 4) is 6.07 Å². The van der Waals surface area contributed by atoms with Crippen LogP contribution in [0.15, 0.2) is 11.1 Å². The Kier molecular flexibility index (Phi) is 2.15. The first-order valence-electron chi connectivity index (χ1n) is 3.61. The Labute approximate surface area is 70.7 Å². The average Bonchev–Trinajstić information content (AvgIpc) is 2.01. The minimum atomic E-state index is -1.06. The van der Waals surface area contributed by atoms with Crippen molar-refractivity contribution in [2.75, 3.05) is 7.05 Å². The first-order chi connectivity index (χ1) is 5.57. The Bertz CT molecular complexity index is 288. The van der Waals surface area contributed by atoms with E-state index >= 15 is 0 Å². The molecule has 0 aromatic heterocycles. The van der Waals surface area contributed by atoms with E-state index in [0.29, 0.717) is 5.57 Å². The van der Waals surface area contributed by atoms with Crippen LogP contribution in [-0.2, 0) is 4.79 Å². The second-order valence-corrected chi connectivity index (χ2v) is 2.86. The summed E-state index contributed by atoms with van der Waals surface area (Å²) in [6, 6.07) is 1.89. The van der Waals surface area contributed by atoms with Crippen LogP contribution >= 0.6 is 0 Å². The maximum atomic E-state index is 11.1. The first kappa shape index (κ1) is 8.75. The lowest BCUT2D eigenvalue weighted by atomic mass is 10.0. The van der Waals surface area contributed by atoms with Gasteiger partial charge in [-0.05, 0) is 12.5 Å². The largest absolute Gasteiger partial charge is 0.369 e. The van der Waals surface area contributed by atoms with Gasteiger partial charge >= 0.3 is 0 Å². The van der Waals surface area contributed by atoms with Crippen LogP contribution in [0, 0.1) is 11.3 Å². The second-order valence-electron chi connectivity index (χ2n) is 2.86. The molecule has 1 N–H and O–H groups in total. The highest BCUT2D eigenvalue weighted by Gasteiger charge is 2.28. The number of likely N-dealkylation sites (N-methyl/N-ethyl adjacent to an activating group) is 1. The summed E-state index contributed by atoms with van der Waals surface area (Å²) in [7, 11) is 1.48. The molecule has 0 aromatic rings. The van der Waals surface area contributed by atoms with E-state index < -0.39 is 6.23 Å². The molecule has 64 valence electrons. The summed E-state index contributed by atoms with van der Waals surface area (Å²) in [6.45, 7) is 1.69. The van der Waals surface area contributed by atoms with Gasteiger partial charge in [0.25, 0.3) is 0 Å². The zero-order chi connectivity index (χ0) is 9.30. The molecule has 0 bridgehead atoms. The van der Waals surface area contributed by atoms with E-state index in [9.17, 15) is 9.90 Å².